The molecule has 0 bridgehead atoms. The minimum absolute atomic E-state index is 0.387. The van der Waals surface area contributed by atoms with Crippen molar-refractivity contribution in [3.05, 3.63) is 53.1 Å². The van der Waals surface area contributed by atoms with E-state index in [1.807, 2.05) is 12.1 Å². The fraction of sp³-hybridized carbons (Fsp3) is 0.294. The topological polar surface area (TPSA) is 30.5 Å². The Hall–Kier alpha value is -1.87. The zero-order chi connectivity index (χ0) is 15.2. The SMILES string of the molecule is COc1cc(NCC(C)c2ccccc2)c(OC)cc1Cl. The Bertz CT molecular complexity index is 587. The molecule has 0 saturated carbocycles. The van der Waals surface area contributed by atoms with Crippen LogP contribution in [0.15, 0.2) is 42.5 Å². The van der Waals surface area contributed by atoms with Crippen LogP contribution < -0.4 is 14.8 Å². The molecule has 2 aromatic rings. The lowest BCUT2D eigenvalue weighted by atomic mass is 10.0. The number of halogens is 1. The maximum absolute atomic E-state index is 6.11. The van der Waals surface area contributed by atoms with E-state index in [-0.39, 0.29) is 0 Å². The summed E-state index contributed by atoms with van der Waals surface area (Å²) >= 11 is 6.11. The van der Waals surface area contributed by atoms with Crippen molar-refractivity contribution in [3.8, 4) is 11.5 Å². The van der Waals surface area contributed by atoms with Crippen LogP contribution in [0.1, 0.15) is 18.4 Å². The summed E-state index contributed by atoms with van der Waals surface area (Å²) in [6, 6.07) is 14.0. The van der Waals surface area contributed by atoms with Crippen molar-refractivity contribution >= 4 is 17.3 Å². The van der Waals surface area contributed by atoms with Gasteiger partial charge in [-0.05, 0) is 11.5 Å². The van der Waals surface area contributed by atoms with Gasteiger partial charge in [-0.1, -0.05) is 48.9 Å². The van der Waals surface area contributed by atoms with Crippen LogP contribution in [0.3, 0.4) is 0 Å². The molecule has 1 atom stereocenters. The van der Waals surface area contributed by atoms with Gasteiger partial charge < -0.3 is 14.8 Å². The molecular weight excluding hydrogens is 286 g/mol. The highest BCUT2D eigenvalue weighted by atomic mass is 35.5. The number of rotatable bonds is 6. The van der Waals surface area contributed by atoms with Gasteiger partial charge in [-0.2, -0.15) is 0 Å². The molecule has 0 aliphatic carbocycles. The third-order valence-corrected chi connectivity index (χ3v) is 3.74. The van der Waals surface area contributed by atoms with E-state index >= 15 is 0 Å². The zero-order valence-electron chi connectivity index (χ0n) is 12.5. The second-order valence-corrected chi connectivity index (χ2v) is 5.29. The molecule has 0 heterocycles. The normalized spacial score (nSPS) is 11.8. The summed E-state index contributed by atoms with van der Waals surface area (Å²) in [5.74, 6) is 1.73. The van der Waals surface area contributed by atoms with Crippen LogP contribution in [0.25, 0.3) is 0 Å². The molecule has 1 unspecified atom stereocenters. The molecule has 1 N–H and O–H groups in total. The van der Waals surface area contributed by atoms with E-state index in [1.54, 1.807) is 20.3 Å². The molecule has 2 rings (SSSR count). The minimum atomic E-state index is 0.387. The molecule has 0 aromatic heterocycles. The van der Waals surface area contributed by atoms with Crippen molar-refractivity contribution in [2.45, 2.75) is 12.8 Å². The van der Waals surface area contributed by atoms with E-state index in [4.69, 9.17) is 21.1 Å². The van der Waals surface area contributed by atoms with Gasteiger partial charge in [-0.15, -0.1) is 0 Å². The van der Waals surface area contributed by atoms with Crippen molar-refractivity contribution in [1.29, 1.82) is 0 Å². The summed E-state index contributed by atoms with van der Waals surface area (Å²) in [4.78, 5) is 0. The Morgan fingerprint density at radius 1 is 1.05 bits per heavy atom. The lowest BCUT2D eigenvalue weighted by molar-refractivity contribution is 0.404. The van der Waals surface area contributed by atoms with E-state index in [2.05, 4.69) is 36.5 Å². The van der Waals surface area contributed by atoms with Gasteiger partial charge >= 0.3 is 0 Å². The number of benzene rings is 2. The highest BCUT2D eigenvalue weighted by Gasteiger charge is 2.11. The average Bonchev–Trinajstić information content (AvgIpc) is 2.53. The molecule has 2 aromatic carbocycles. The molecule has 112 valence electrons. The van der Waals surface area contributed by atoms with E-state index < -0.39 is 0 Å². The van der Waals surface area contributed by atoms with Crippen molar-refractivity contribution < 1.29 is 9.47 Å². The second kappa shape index (κ2) is 7.23. The van der Waals surface area contributed by atoms with Gasteiger partial charge in [0.1, 0.15) is 11.5 Å². The van der Waals surface area contributed by atoms with Crippen LogP contribution in [0.5, 0.6) is 11.5 Å². The lowest BCUT2D eigenvalue weighted by Crippen LogP contribution is -2.10. The van der Waals surface area contributed by atoms with Gasteiger partial charge in [0.2, 0.25) is 0 Å². The number of ether oxygens (including phenoxy) is 2. The van der Waals surface area contributed by atoms with Gasteiger partial charge in [0.15, 0.2) is 0 Å². The predicted octanol–water partition coefficient (Wildman–Crippen LogP) is 4.57. The Morgan fingerprint density at radius 3 is 2.33 bits per heavy atom. The summed E-state index contributed by atoms with van der Waals surface area (Å²) in [6.45, 7) is 2.98. The smallest absolute Gasteiger partial charge is 0.143 e. The fourth-order valence-corrected chi connectivity index (χ4v) is 2.39. The first kappa shape index (κ1) is 15.5. The van der Waals surface area contributed by atoms with Crippen molar-refractivity contribution in [3.63, 3.8) is 0 Å². The number of nitrogens with one attached hydrogen (secondary N) is 1. The molecular formula is C17H20ClNO2. The number of methoxy groups -OCH3 is 2. The van der Waals surface area contributed by atoms with E-state index in [0.29, 0.717) is 22.4 Å². The first-order chi connectivity index (χ1) is 10.2. The maximum atomic E-state index is 6.11. The van der Waals surface area contributed by atoms with E-state index in [1.165, 1.54) is 5.56 Å². The molecule has 0 radical (unpaired) electrons. The van der Waals surface area contributed by atoms with E-state index in [0.717, 1.165) is 12.2 Å². The summed E-state index contributed by atoms with van der Waals surface area (Å²) in [5, 5.41) is 3.94. The quantitative estimate of drug-likeness (QED) is 0.848. The molecule has 0 aliphatic rings. The van der Waals surface area contributed by atoms with Crippen LogP contribution in [0.4, 0.5) is 5.69 Å². The third-order valence-electron chi connectivity index (χ3n) is 3.44. The van der Waals surface area contributed by atoms with Crippen LogP contribution in [-0.4, -0.2) is 20.8 Å². The van der Waals surface area contributed by atoms with Crippen LogP contribution in [0.2, 0.25) is 5.02 Å². The van der Waals surface area contributed by atoms with Crippen LogP contribution >= 0.6 is 11.6 Å². The highest BCUT2D eigenvalue weighted by molar-refractivity contribution is 6.32. The Kier molecular flexibility index (Phi) is 5.34. The van der Waals surface area contributed by atoms with Gasteiger partial charge in [0, 0.05) is 18.7 Å². The zero-order valence-corrected chi connectivity index (χ0v) is 13.3. The molecule has 3 nitrogen and oxygen atoms in total. The van der Waals surface area contributed by atoms with Crippen LogP contribution in [-0.2, 0) is 0 Å². The molecule has 0 saturated heterocycles. The molecule has 21 heavy (non-hydrogen) atoms. The van der Waals surface area contributed by atoms with Crippen LogP contribution in [0, 0.1) is 0 Å². The maximum Gasteiger partial charge on any atom is 0.143 e. The molecule has 0 amide bonds. The molecule has 4 heteroatoms. The molecule has 0 spiro atoms. The average molecular weight is 306 g/mol. The number of hydrogen-bond donors (Lipinski definition) is 1. The van der Waals surface area contributed by atoms with Gasteiger partial charge in [0.05, 0.1) is 24.9 Å². The Labute approximate surface area is 130 Å². The minimum Gasteiger partial charge on any atom is -0.495 e. The second-order valence-electron chi connectivity index (χ2n) is 4.88. The Morgan fingerprint density at radius 2 is 1.71 bits per heavy atom. The third kappa shape index (κ3) is 3.82. The van der Waals surface area contributed by atoms with E-state index in [9.17, 15) is 0 Å². The summed E-state index contributed by atoms with van der Waals surface area (Å²) in [7, 11) is 3.23. The van der Waals surface area contributed by atoms with Crippen molar-refractivity contribution in [2.75, 3.05) is 26.1 Å². The lowest BCUT2D eigenvalue weighted by Gasteiger charge is -2.17. The van der Waals surface area contributed by atoms with Gasteiger partial charge in [-0.3, -0.25) is 0 Å². The van der Waals surface area contributed by atoms with Crippen molar-refractivity contribution in [1.82, 2.24) is 0 Å². The number of anilines is 1. The van der Waals surface area contributed by atoms with Crippen molar-refractivity contribution in [2.24, 2.45) is 0 Å². The predicted molar refractivity (Wildman–Crippen MR) is 87.9 cm³/mol. The summed E-state index contributed by atoms with van der Waals surface area (Å²) < 4.78 is 10.6. The molecule has 0 aliphatic heterocycles. The monoisotopic (exact) mass is 305 g/mol. The fourth-order valence-electron chi connectivity index (χ4n) is 2.16. The summed E-state index contributed by atoms with van der Waals surface area (Å²) in [5.41, 5.74) is 2.17. The largest absolute Gasteiger partial charge is 0.495 e. The standard InChI is InChI=1S/C17H20ClNO2/c1-12(13-7-5-4-6-8-13)11-19-15-10-16(20-2)14(18)9-17(15)21-3/h4-10,12,19H,11H2,1-3H3. The molecule has 0 fully saturated rings. The first-order valence-electron chi connectivity index (χ1n) is 6.86. The summed E-state index contributed by atoms with van der Waals surface area (Å²) in [6.07, 6.45) is 0. The highest BCUT2D eigenvalue weighted by Crippen LogP contribution is 2.36. The first-order valence-corrected chi connectivity index (χ1v) is 7.23. The van der Waals surface area contributed by atoms with Gasteiger partial charge in [0.25, 0.3) is 0 Å². The van der Waals surface area contributed by atoms with Gasteiger partial charge in [-0.25, -0.2) is 0 Å². The Balaban J connectivity index is 2.12. The number of hydrogen-bond acceptors (Lipinski definition) is 3.